The Labute approximate surface area is 261 Å². The summed E-state index contributed by atoms with van der Waals surface area (Å²) in [6.45, 7) is 1.89. The first-order valence-electron chi connectivity index (χ1n) is 14.1. The number of rotatable bonds is 5. The summed E-state index contributed by atoms with van der Waals surface area (Å²) in [6, 6.07) is 28.8. The van der Waals surface area contributed by atoms with E-state index in [4.69, 9.17) is 9.73 Å². The van der Waals surface area contributed by atoms with E-state index in [-0.39, 0.29) is 17.7 Å². The van der Waals surface area contributed by atoms with E-state index in [0.717, 1.165) is 27.4 Å². The zero-order valence-electron chi connectivity index (χ0n) is 23.9. The van der Waals surface area contributed by atoms with Crippen LogP contribution in [-0.4, -0.2) is 24.2 Å². The number of benzene rings is 4. The second-order valence-electron chi connectivity index (χ2n) is 10.3. The quantitative estimate of drug-likeness (QED) is 0.216. The first-order chi connectivity index (χ1) is 21.4. The van der Waals surface area contributed by atoms with Gasteiger partial charge in [0.05, 0.1) is 39.8 Å². The van der Waals surface area contributed by atoms with Gasteiger partial charge in [-0.2, -0.15) is 0 Å². The summed E-state index contributed by atoms with van der Waals surface area (Å²) in [5.74, 6) is -0.987. The molecule has 0 spiro atoms. The molecule has 2 aliphatic heterocycles. The van der Waals surface area contributed by atoms with Crippen LogP contribution in [0.3, 0.4) is 0 Å². The first kappa shape index (κ1) is 28.1. The summed E-state index contributed by atoms with van der Waals surface area (Å²) in [5, 5.41) is 0. The van der Waals surface area contributed by atoms with Crippen LogP contribution in [0.1, 0.15) is 29.7 Å². The number of para-hydroxylation sites is 1. The van der Waals surface area contributed by atoms with Gasteiger partial charge in [-0.05, 0) is 60.5 Å². The van der Waals surface area contributed by atoms with E-state index < -0.39 is 17.8 Å². The van der Waals surface area contributed by atoms with Gasteiger partial charge in [-0.15, -0.1) is 0 Å². The van der Waals surface area contributed by atoms with Gasteiger partial charge in [0.25, 0.3) is 5.56 Å². The van der Waals surface area contributed by atoms with Gasteiger partial charge >= 0.3 is 5.97 Å². The number of hydrogen-bond donors (Lipinski definition) is 0. The van der Waals surface area contributed by atoms with Crippen LogP contribution in [0.25, 0.3) is 11.8 Å². The number of halogens is 1. The van der Waals surface area contributed by atoms with Crippen molar-refractivity contribution in [1.29, 1.82) is 0 Å². The van der Waals surface area contributed by atoms with Crippen LogP contribution in [0.4, 0.5) is 15.8 Å². The Kier molecular flexibility index (Phi) is 7.27. The molecule has 0 bridgehead atoms. The Morgan fingerprint density at radius 1 is 0.955 bits per heavy atom. The van der Waals surface area contributed by atoms with Gasteiger partial charge in [-0.25, -0.2) is 14.2 Å². The van der Waals surface area contributed by atoms with E-state index >= 15 is 0 Å². The predicted octanol–water partition coefficient (Wildman–Crippen LogP) is 6.31. The number of fused-ring (bicyclic) bond motifs is 3. The van der Waals surface area contributed by atoms with Crippen molar-refractivity contribution in [2.24, 2.45) is 4.99 Å². The van der Waals surface area contributed by atoms with Gasteiger partial charge < -0.3 is 9.64 Å². The molecule has 0 unspecified atom stereocenters. The predicted molar refractivity (Wildman–Crippen MR) is 173 cm³/mol. The van der Waals surface area contributed by atoms with Crippen LogP contribution in [0.15, 0.2) is 122 Å². The molecule has 5 aromatic rings. The molecule has 0 saturated heterocycles. The fourth-order valence-corrected chi connectivity index (χ4v) is 7.80. The summed E-state index contributed by atoms with van der Waals surface area (Å²) in [6.07, 6.45) is 1.86. The lowest BCUT2D eigenvalue weighted by atomic mass is 9.93. The topological polar surface area (TPSA) is 63.9 Å². The van der Waals surface area contributed by atoms with Crippen molar-refractivity contribution in [3.05, 3.63) is 145 Å². The minimum absolute atomic E-state index is 0.154. The monoisotopic (exact) mass is 619 g/mol. The molecule has 1 aromatic heterocycles. The number of anilines is 2. The van der Waals surface area contributed by atoms with Crippen LogP contribution in [-0.2, 0) is 9.53 Å². The Morgan fingerprint density at radius 2 is 1.68 bits per heavy atom. The smallest absolute Gasteiger partial charge is 0.338 e. The summed E-state index contributed by atoms with van der Waals surface area (Å²) in [5.41, 5.74) is 4.79. The maximum Gasteiger partial charge on any atom is 0.338 e. The average molecular weight is 620 g/mol. The van der Waals surface area contributed by atoms with E-state index in [1.807, 2.05) is 54.6 Å². The molecule has 7 rings (SSSR count). The number of thiazole rings is 1. The number of carbonyl (C=O) groups excluding carboxylic acids is 1. The minimum Gasteiger partial charge on any atom is -0.463 e. The van der Waals surface area contributed by atoms with E-state index in [2.05, 4.69) is 36.2 Å². The normalized spacial score (nSPS) is 15.8. The standard InChI is InChI=1S/C35H26FN3O3S2/c1-3-42-34(41)30-31(22-9-5-4-6-10-22)37-35-39(32(30)23-14-16-24(36)17-15-23)33(40)29(44-35)20-21-13-18-26-28(19-21)43-27-12-8-7-11-25(27)38(26)2/h4-20,32H,3H2,1-2H3/b29-20+/t32-/m0/s1. The van der Waals surface area contributed by atoms with E-state index in [0.29, 0.717) is 20.6 Å². The molecule has 3 heterocycles. The number of aromatic nitrogens is 1. The lowest BCUT2D eigenvalue weighted by Crippen LogP contribution is -2.40. The summed E-state index contributed by atoms with van der Waals surface area (Å²) in [4.78, 5) is 37.5. The second kappa shape index (κ2) is 11.4. The molecule has 2 aliphatic rings. The van der Waals surface area contributed by atoms with E-state index in [1.165, 1.54) is 32.9 Å². The lowest BCUT2D eigenvalue weighted by Gasteiger charge is -2.29. The van der Waals surface area contributed by atoms with Crippen LogP contribution >= 0.6 is 23.1 Å². The maximum atomic E-state index is 14.2. The number of carbonyl (C=O) groups is 1. The SMILES string of the molecule is CCOC(=O)C1=C(c2ccccc2)N=c2s/c(=C/c3ccc4c(c3)Sc3ccccc3N4C)c(=O)n2[C@H]1c1ccc(F)cc1. The Hall–Kier alpha value is -4.73. The van der Waals surface area contributed by atoms with Crippen molar-refractivity contribution in [2.45, 2.75) is 22.8 Å². The first-order valence-corrected chi connectivity index (χ1v) is 15.7. The van der Waals surface area contributed by atoms with Crippen LogP contribution in [0, 0.1) is 5.82 Å². The fourth-order valence-electron chi connectivity index (χ4n) is 5.60. The molecule has 0 radical (unpaired) electrons. The summed E-state index contributed by atoms with van der Waals surface area (Å²) >= 11 is 2.96. The van der Waals surface area contributed by atoms with E-state index in [9.17, 15) is 14.0 Å². The molecule has 0 aliphatic carbocycles. The maximum absolute atomic E-state index is 14.2. The highest BCUT2D eigenvalue weighted by Crippen LogP contribution is 2.47. The molecule has 4 aromatic carbocycles. The molecular weight excluding hydrogens is 594 g/mol. The molecule has 218 valence electrons. The van der Waals surface area contributed by atoms with Crippen molar-refractivity contribution in [3.63, 3.8) is 0 Å². The van der Waals surface area contributed by atoms with Gasteiger partial charge in [0.15, 0.2) is 4.80 Å². The fraction of sp³-hybridized carbons (Fsp3) is 0.114. The zero-order valence-corrected chi connectivity index (χ0v) is 25.5. The summed E-state index contributed by atoms with van der Waals surface area (Å²) in [7, 11) is 2.05. The zero-order chi connectivity index (χ0) is 30.4. The van der Waals surface area contributed by atoms with Crippen molar-refractivity contribution in [1.82, 2.24) is 4.57 Å². The van der Waals surface area contributed by atoms with Gasteiger partial charge in [0, 0.05) is 22.4 Å². The van der Waals surface area contributed by atoms with Gasteiger partial charge in [0.1, 0.15) is 5.82 Å². The number of esters is 1. The largest absolute Gasteiger partial charge is 0.463 e. The van der Waals surface area contributed by atoms with Crippen molar-refractivity contribution < 1.29 is 13.9 Å². The Morgan fingerprint density at radius 3 is 2.45 bits per heavy atom. The molecule has 0 fully saturated rings. The van der Waals surface area contributed by atoms with Crippen LogP contribution in [0.5, 0.6) is 0 Å². The van der Waals surface area contributed by atoms with Crippen molar-refractivity contribution >= 4 is 52.2 Å². The van der Waals surface area contributed by atoms with Gasteiger partial charge in [-0.1, -0.05) is 83.8 Å². The van der Waals surface area contributed by atoms with Crippen LogP contribution in [0.2, 0.25) is 0 Å². The highest BCUT2D eigenvalue weighted by Gasteiger charge is 2.35. The number of nitrogens with zero attached hydrogens (tertiary/aromatic N) is 3. The molecular formula is C35H26FN3O3S2. The molecule has 0 saturated carbocycles. The van der Waals surface area contributed by atoms with Gasteiger partial charge in [-0.3, -0.25) is 9.36 Å². The number of hydrogen-bond acceptors (Lipinski definition) is 7. The third-order valence-corrected chi connectivity index (χ3v) is 9.74. The Bertz CT molecular complexity index is 2140. The van der Waals surface area contributed by atoms with Crippen molar-refractivity contribution in [3.8, 4) is 0 Å². The van der Waals surface area contributed by atoms with Crippen molar-refractivity contribution in [2.75, 3.05) is 18.6 Å². The third-order valence-electron chi connectivity index (χ3n) is 7.65. The molecule has 0 N–H and O–H groups in total. The third kappa shape index (κ3) is 4.88. The highest BCUT2D eigenvalue weighted by molar-refractivity contribution is 7.99. The molecule has 9 heteroatoms. The number of ether oxygens (including phenoxy) is 1. The summed E-state index contributed by atoms with van der Waals surface area (Å²) < 4.78 is 21.5. The lowest BCUT2D eigenvalue weighted by molar-refractivity contribution is -0.138. The van der Waals surface area contributed by atoms with E-state index in [1.54, 1.807) is 30.8 Å². The minimum atomic E-state index is -0.854. The Balaban J connectivity index is 1.41. The molecule has 0 amide bonds. The second-order valence-corrected chi connectivity index (χ2v) is 12.4. The molecule has 1 atom stereocenters. The van der Waals surface area contributed by atoms with Crippen LogP contribution < -0.4 is 19.8 Å². The highest BCUT2D eigenvalue weighted by atomic mass is 32.2. The molecule has 44 heavy (non-hydrogen) atoms. The molecule has 6 nitrogen and oxygen atoms in total. The average Bonchev–Trinajstić information content (AvgIpc) is 3.35. The van der Waals surface area contributed by atoms with Gasteiger partial charge in [0.2, 0.25) is 0 Å².